The first kappa shape index (κ1) is 17.7. The minimum absolute atomic E-state index is 0.0799. The van der Waals surface area contributed by atoms with Gasteiger partial charge in [-0.05, 0) is 37.5 Å². The summed E-state index contributed by atoms with van der Waals surface area (Å²) in [5.41, 5.74) is 0.966. The van der Waals surface area contributed by atoms with Gasteiger partial charge in [0, 0.05) is 17.3 Å². The van der Waals surface area contributed by atoms with Gasteiger partial charge in [0.15, 0.2) is 0 Å². The van der Waals surface area contributed by atoms with Gasteiger partial charge in [-0.1, -0.05) is 30.3 Å². The van der Waals surface area contributed by atoms with Crippen molar-refractivity contribution in [3.05, 3.63) is 52.9 Å². The van der Waals surface area contributed by atoms with E-state index < -0.39 is 22.0 Å². The van der Waals surface area contributed by atoms with Crippen LogP contribution in [0, 0.1) is 6.92 Å². The minimum atomic E-state index is -3.63. The van der Waals surface area contributed by atoms with Crippen LogP contribution in [0.2, 0.25) is 0 Å². The average molecular weight is 353 g/mol. The number of carbonyl (C=O) groups is 1. The third kappa shape index (κ3) is 5.46. The number of hydrogen-bond acceptors (Lipinski definition) is 4. The topological polar surface area (TPSA) is 83.5 Å². The summed E-state index contributed by atoms with van der Waals surface area (Å²) < 4.78 is 27.8. The lowest BCUT2D eigenvalue weighted by molar-refractivity contribution is -0.137. The van der Waals surface area contributed by atoms with Crippen LogP contribution >= 0.6 is 11.3 Å². The third-order valence-electron chi connectivity index (χ3n) is 3.33. The highest BCUT2D eigenvalue weighted by Crippen LogP contribution is 2.21. The molecule has 0 aliphatic heterocycles. The van der Waals surface area contributed by atoms with Crippen LogP contribution in [0.3, 0.4) is 0 Å². The summed E-state index contributed by atoms with van der Waals surface area (Å²) in [5.74, 6) is -0.936. The zero-order valence-corrected chi connectivity index (χ0v) is 14.4. The fourth-order valence-electron chi connectivity index (χ4n) is 2.23. The summed E-state index contributed by atoms with van der Waals surface area (Å²) >= 11 is 1.20. The van der Waals surface area contributed by atoms with Crippen molar-refractivity contribution in [3.63, 3.8) is 0 Å². The van der Waals surface area contributed by atoms with E-state index in [2.05, 4.69) is 4.72 Å². The quantitative estimate of drug-likeness (QED) is 0.764. The van der Waals surface area contributed by atoms with E-state index in [0.717, 1.165) is 10.4 Å². The van der Waals surface area contributed by atoms with Crippen LogP contribution < -0.4 is 4.72 Å². The van der Waals surface area contributed by atoms with Crippen LogP contribution in [-0.2, 0) is 21.2 Å². The molecule has 0 saturated heterocycles. The van der Waals surface area contributed by atoms with Gasteiger partial charge in [-0.3, -0.25) is 4.79 Å². The predicted octanol–water partition coefficient (Wildman–Crippen LogP) is 2.81. The Balaban J connectivity index is 2.14. The van der Waals surface area contributed by atoms with Crippen molar-refractivity contribution in [1.29, 1.82) is 0 Å². The average Bonchev–Trinajstić information content (AvgIpc) is 2.93. The highest BCUT2D eigenvalue weighted by molar-refractivity contribution is 7.91. The normalized spacial score (nSPS) is 12.9. The highest BCUT2D eigenvalue weighted by Gasteiger charge is 2.22. The zero-order valence-electron chi connectivity index (χ0n) is 12.7. The van der Waals surface area contributed by atoms with Gasteiger partial charge in [0.25, 0.3) is 0 Å². The second kappa shape index (κ2) is 7.72. The molecule has 2 rings (SSSR count). The summed E-state index contributed by atoms with van der Waals surface area (Å²) in [6.45, 7) is 1.84. The molecule has 2 aromatic rings. The number of aryl methyl sites for hydroxylation is 1. The summed E-state index contributed by atoms with van der Waals surface area (Å²) in [7, 11) is -3.63. The van der Waals surface area contributed by atoms with Gasteiger partial charge in [-0.15, -0.1) is 11.3 Å². The molecule has 1 aromatic carbocycles. The molecule has 1 unspecified atom stereocenters. The summed E-state index contributed by atoms with van der Waals surface area (Å²) in [6, 6.07) is 12.3. The Bertz CT molecular complexity index is 753. The van der Waals surface area contributed by atoms with Crippen molar-refractivity contribution in [2.45, 2.75) is 36.4 Å². The molecule has 23 heavy (non-hydrogen) atoms. The molecule has 5 nitrogen and oxygen atoms in total. The Morgan fingerprint density at radius 1 is 1.22 bits per heavy atom. The summed E-state index contributed by atoms with van der Waals surface area (Å²) in [6.07, 6.45) is 0.620. The van der Waals surface area contributed by atoms with Crippen LogP contribution in [0.5, 0.6) is 0 Å². The lowest BCUT2D eigenvalue weighted by atomic mass is 10.0. The number of aliphatic carboxylic acids is 1. The number of benzene rings is 1. The van der Waals surface area contributed by atoms with Crippen molar-refractivity contribution < 1.29 is 18.3 Å². The van der Waals surface area contributed by atoms with E-state index >= 15 is 0 Å². The molecule has 2 N–H and O–H groups in total. The van der Waals surface area contributed by atoms with E-state index in [9.17, 15) is 13.2 Å². The fraction of sp³-hybridized carbons (Fsp3) is 0.312. The number of sulfonamides is 1. The van der Waals surface area contributed by atoms with Crippen LogP contribution in [0.25, 0.3) is 0 Å². The van der Waals surface area contributed by atoms with Crippen LogP contribution in [0.15, 0.2) is 46.7 Å². The van der Waals surface area contributed by atoms with Gasteiger partial charge in [-0.2, -0.15) is 0 Å². The maximum atomic E-state index is 12.4. The van der Waals surface area contributed by atoms with E-state index in [-0.39, 0.29) is 17.1 Å². The Morgan fingerprint density at radius 2 is 1.91 bits per heavy atom. The van der Waals surface area contributed by atoms with Crippen molar-refractivity contribution >= 4 is 27.3 Å². The molecule has 0 amide bonds. The first-order chi connectivity index (χ1) is 10.9. The van der Waals surface area contributed by atoms with Crippen molar-refractivity contribution in [1.82, 2.24) is 4.72 Å². The monoisotopic (exact) mass is 353 g/mol. The SMILES string of the molecule is Cc1ccc(S(=O)(=O)NC(CCC(=O)O)Cc2ccccc2)s1. The van der Waals surface area contributed by atoms with Gasteiger partial charge in [0.2, 0.25) is 10.0 Å². The molecule has 124 valence electrons. The standard InChI is InChI=1S/C16H19NO4S2/c1-12-7-10-16(22-12)23(20,21)17-14(8-9-15(18)19)11-13-5-3-2-4-6-13/h2-7,10,14,17H,8-9,11H2,1H3,(H,18,19). The molecular weight excluding hydrogens is 334 g/mol. The second-order valence-electron chi connectivity index (χ2n) is 5.31. The van der Waals surface area contributed by atoms with E-state index in [1.807, 2.05) is 37.3 Å². The minimum Gasteiger partial charge on any atom is -0.481 e. The molecule has 0 aliphatic carbocycles. The lowest BCUT2D eigenvalue weighted by Crippen LogP contribution is -2.36. The molecule has 0 spiro atoms. The molecule has 7 heteroatoms. The van der Waals surface area contributed by atoms with Gasteiger partial charge in [0.1, 0.15) is 4.21 Å². The number of carboxylic acid groups (broad SMARTS) is 1. The largest absolute Gasteiger partial charge is 0.481 e. The van der Waals surface area contributed by atoms with Crippen molar-refractivity contribution in [2.75, 3.05) is 0 Å². The maximum Gasteiger partial charge on any atom is 0.303 e. The highest BCUT2D eigenvalue weighted by atomic mass is 32.2. The van der Waals surface area contributed by atoms with E-state index in [1.54, 1.807) is 12.1 Å². The summed E-state index contributed by atoms with van der Waals surface area (Å²) in [4.78, 5) is 11.7. The smallest absolute Gasteiger partial charge is 0.303 e. The molecule has 1 aromatic heterocycles. The predicted molar refractivity (Wildman–Crippen MR) is 90.2 cm³/mol. The van der Waals surface area contributed by atoms with Crippen LogP contribution in [-0.4, -0.2) is 25.5 Å². The Labute approximate surface area is 140 Å². The first-order valence-corrected chi connectivity index (χ1v) is 9.51. The molecule has 0 saturated carbocycles. The first-order valence-electron chi connectivity index (χ1n) is 7.21. The number of nitrogens with one attached hydrogen (secondary N) is 1. The van der Waals surface area contributed by atoms with Gasteiger partial charge in [-0.25, -0.2) is 13.1 Å². The molecule has 0 radical (unpaired) electrons. The number of rotatable bonds is 8. The van der Waals surface area contributed by atoms with Crippen LogP contribution in [0.4, 0.5) is 0 Å². The summed E-state index contributed by atoms with van der Waals surface area (Å²) in [5, 5.41) is 8.87. The molecule has 1 atom stereocenters. The maximum absolute atomic E-state index is 12.4. The Morgan fingerprint density at radius 3 is 2.48 bits per heavy atom. The van der Waals surface area contributed by atoms with Crippen molar-refractivity contribution in [2.24, 2.45) is 0 Å². The molecular formula is C16H19NO4S2. The molecule has 0 aliphatic rings. The van der Waals surface area contributed by atoms with E-state index in [0.29, 0.717) is 6.42 Å². The van der Waals surface area contributed by atoms with E-state index in [4.69, 9.17) is 5.11 Å². The van der Waals surface area contributed by atoms with Crippen molar-refractivity contribution in [3.8, 4) is 0 Å². The van der Waals surface area contributed by atoms with Gasteiger partial charge < -0.3 is 5.11 Å². The lowest BCUT2D eigenvalue weighted by Gasteiger charge is -2.17. The fourth-order valence-corrected chi connectivity index (χ4v) is 4.80. The number of thiophene rings is 1. The van der Waals surface area contributed by atoms with Gasteiger partial charge >= 0.3 is 5.97 Å². The Kier molecular flexibility index (Phi) is 5.92. The second-order valence-corrected chi connectivity index (χ2v) is 8.53. The van der Waals surface area contributed by atoms with E-state index in [1.165, 1.54) is 11.3 Å². The molecule has 0 bridgehead atoms. The molecule has 1 heterocycles. The number of carboxylic acids is 1. The van der Waals surface area contributed by atoms with Gasteiger partial charge in [0.05, 0.1) is 0 Å². The Hall–Kier alpha value is -1.70. The zero-order chi connectivity index (χ0) is 16.9. The third-order valence-corrected chi connectivity index (χ3v) is 6.35. The van der Waals surface area contributed by atoms with Crippen LogP contribution in [0.1, 0.15) is 23.3 Å². The molecule has 0 fully saturated rings. The number of hydrogen-bond donors (Lipinski definition) is 2.